The van der Waals surface area contributed by atoms with Crippen molar-refractivity contribution >= 4 is 17.6 Å². The van der Waals surface area contributed by atoms with Crippen LogP contribution < -0.4 is 14.8 Å². The van der Waals surface area contributed by atoms with Crippen LogP contribution >= 0.6 is 0 Å². The number of nitrogens with one attached hydrogen (secondary N) is 1. The first-order chi connectivity index (χ1) is 18.7. The summed E-state index contributed by atoms with van der Waals surface area (Å²) in [6, 6.07) is 19.5. The zero-order valence-electron chi connectivity index (χ0n) is 24.0. The van der Waals surface area contributed by atoms with E-state index in [1.54, 1.807) is 25.1 Å². The molecule has 1 atom stereocenters. The van der Waals surface area contributed by atoms with Crippen LogP contribution in [0.4, 0.5) is 5.69 Å². The van der Waals surface area contributed by atoms with Crippen LogP contribution in [0, 0.1) is 19.8 Å². The minimum absolute atomic E-state index is 0.107. The summed E-state index contributed by atoms with van der Waals surface area (Å²) in [5, 5.41) is 3.02. The molecule has 39 heavy (non-hydrogen) atoms. The molecule has 3 rings (SSSR count). The molecule has 3 aromatic rings. The number of amides is 1. The lowest BCUT2D eigenvalue weighted by Gasteiger charge is -2.20. The minimum Gasteiger partial charge on any atom is -0.493 e. The van der Waals surface area contributed by atoms with Gasteiger partial charge in [0.2, 0.25) is 0 Å². The van der Waals surface area contributed by atoms with Crippen LogP contribution in [0.15, 0.2) is 60.7 Å². The Morgan fingerprint density at radius 3 is 2.28 bits per heavy atom. The highest BCUT2D eigenvalue weighted by atomic mass is 16.5. The van der Waals surface area contributed by atoms with Crippen LogP contribution in [0.25, 0.3) is 0 Å². The second kappa shape index (κ2) is 14.4. The van der Waals surface area contributed by atoms with E-state index in [0.717, 1.165) is 28.9 Å². The van der Waals surface area contributed by atoms with Gasteiger partial charge >= 0.3 is 5.97 Å². The third-order valence-corrected chi connectivity index (χ3v) is 6.60. The number of ether oxygens (including phenoxy) is 3. The summed E-state index contributed by atoms with van der Waals surface area (Å²) < 4.78 is 17.1. The standard InChI is InChI=1S/C33H41NO5/c1-7-37-32(35)13-10-20-38-31-12-9-8-11-28(31)33(36)34-29-18-19-30(24(5)23(29)4)39-25(6)27-16-14-26(15-17-27)21-22(2)3/h8-9,11-12,14-19,22,25H,7,10,13,20-21H2,1-6H3,(H,34,36). The molecule has 0 spiro atoms. The van der Waals surface area contributed by atoms with Gasteiger partial charge in [-0.3, -0.25) is 9.59 Å². The second-order valence-electron chi connectivity index (χ2n) is 10.2. The fourth-order valence-electron chi connectivity index (χ4n) is 4.32. The van der Waals surface area contributed by atoms with Crippen LogP contribution in [-0.2, 0) is 16.0 Å². The van der Waals surface area contributed by atoms with Crippen molar-refractivity contribution in [3.63, 3.8) is 0 Å². The first-order valence-electron chi connectivity index (χ1n) is 13.7. The maximum Gasteiger partial charge on any atom is 0.305 e. The van der Waals surface area contributed by atoms with Crippen LogP contribution in [0.3, 0.4) is 0 Å². The van der Waals surface area contributed by atoms with Gasteiger partial charge in [0.1, 0.15) is 17.6 Å². The van der Waals surface area contributed by atoms with Crippen molar-refractivity contribution in [2.75, 3.05) is 18.5 Å². The number of anilines is 1. The summed E-state index contributed by atoms with van der Waals surface area (Å²) in [6.07, 6.45) is 1.74. The minimum atomic E-state index is -0.262. The molecule has 208 valence electrons. The topological polar surface area (TPSA) is 73.9 Å². The zero-order valence-corrected chi connectivity index (χ0v) is 24.0. The van der Waals surface area contributed by atoms with Gasteiger partial charge in [0.15, 0.2) is 0 Å². The van der Waals surface area contributed by atoms with Gasteiger partial charge in [0, 0.05) is 12.1 Å². The van der Waals surface area contributed by atoms with E-state index in [1.807, 2.05) is 39.0 Å². The molecule has 0 aromatic heterocycles. The van der Waals surface area contributed by atoms with Crippen molar-refractivity contribution in [3.05, 3.63) is 88.5 Å². The highest BCUT2D eigenvalue weighted by Crippen LogP contribution is 2.32. The van der Waals surface area contributed by atoms with Gasteiger partial charge < -0.3 is 19.5 Å². The van der Waals surface area contributed by atoms with Crippen molar-refractivity contribution in [3.8, 4) is 11.5 Å². The molecule has 3 aromatic carbocycles. The van der Waals surface area contributed by atoms with Crippen LogP contribution in [0.1, 0.15) is 79.3 Å². The molecule has 6 nitrogen and oxygen atoms in total. The zero-order chi connectivity index (χ0) is 28.4. The molecule has 1 unspecified atom stereocenters. The fraction of sp³-hybridized carbons (Fsp3) is 0.394. The first kappa shape index (κ1) is 29.8. The summed E-state index contributed by atoms with van der Waals surface area (Å²) in [5.41, 5.74) is 5.51. The number of hydrogen-bond donors (Lipinski definition) is 1. The molecule has 0 aliphatic carbocycles. The Hall–Kier alpha value is -3.80. The van der Waals surface area contributed by atoms with Crippen molar-refractivity contribution in [2.24, 2.45) is 5.92 Å². The van der Waals surface area contributed by atoms with Crippen molar-refractivity contribution in [2.45, 2.75) is 66.9 Å². The Bertz CT molecular complexity index is 1250. The third-order valence-electron chi connectivity index (χ3n) is 6.60. The highest BCUT2D eigenvalue weighted by molar-refractivity contribution is 6.06. The van der Waals surface area contributed by atoms with Crippen LogP contribution in [0.5, 0.6) is 11.5 Å². The van der Waals surface area contributed by atoms with Crippen molar-refractivity contribution in [1.29, 1.82) is 0 Å². The Kier molecular flexibility index (Phi) is 11.0. The summed E-state index contributed by atoms with van der Waals surface area (Å²) in [4.78, 5) is 24.7. The average molecular weight is 532 g/mol. The summed E-state index contributed by atoms with van der Waals surface area (Å²) in [5.74, 6) is 1.37. The molecule has 0 bridgehead atoms. The van der Waals surface area contributed by atoms with Gasteiger partial charge in [0.25, 0.3) is 5.91 Å². The van der Waals surface area contributed by atoms with E-state index in [0.29, 0.717) is 42.6 Å². The van der Waals surface area contributed by atoms with Crippen LogP contribution in [-0.4, -0.2) is 25.1 Å². The van der Waals surface area contributed by atoms with Gasteiger partial charge in [-0.2, -0.15) is 0 Å². The van der Waals surface area contributed by atoms with E-state index in [-0.39, 0.29) is 24.4 Å². The summed E-state index contributed by atoms with van der Waals surface area (Å²) in [7, 11) is 0. The number of esters is 1. The molecule has 0 aliphatic rings. The monoisotopic (exact) mass is 531 g/mol. The molecule has 1 N–H and O–H groups in total. The molecular weight excluding hydrogens is 490 g/mol. The lowest BCUT2D eigenvalue weighted by atomic mass is 10.0. The largest absolute Gasteiger partial charge is 0.493 e. The smallest absolute Gasteiger partial charge is 0.305 e. The van der Waals surface area contributed by atoms with E-state index in [2.05, 4.69) is 43.4 Å². The maximum atomic E-state index is 13.2. The molecular formula is C33H41NO5. The van der Waals surface area contributed by atoms with Gasteiger partial charge in [-0.15, -0.1) is 0 Å². The lowest BCUT2D eigenvalue weighted by Crippen LogP contribution is -2.15. The number of carbonyl (C=O) groups is 2. The van der Waals surface area contributed by atoms with Gasteiger partial charge in [0.05, 0.1) is 18.8 Å². The van der Waals surface area contributed by atoms with Crippen LogP contribution in [0.2, 0.25) is 0 Å². The molecule has 0 radical (unpaired) electrons. The first-order valence-corrected chi connectivity index (χ1v) is 13.7. The predicted octanol–water partition coefficient (Wildman–Crippen LogP) is 7.62. The predicted molar refractivity (Wildman–Crippen MR) is 156 cm³/mol. The Morgan fingerprint density at radius 2 is 1.59 bits per heavy atom. The normalized spacial score (nSPS) is 11.7. The van der Waals surface area contributed by atoms with E-state index < -0.39 is 0 Å². The number of para-hydroxylation sites is 1. The Labute approximate surface area is 232 Å². The van der Waals surface area contributed by atoms with E-state index in [9.17, 15) is 9.59 Å². The Morgan fingerprint density at radius 1 is 0.872 bits per heavy atom. The number of hydrogen-bond acceptors (Lipinski definition) is 5. The summed E-state index contributed by atoms with van der Waals surface area (Å²) in [6.45, 7) is 12.9. The SMILES string of the molecule is CCOC(=O)CCCOc1ccccc1C(=O)Nc1ccc(OC(C)c2ccc(CC(C)C)cc2)c(C)c1C. The highest BCUT2D eigenvalue weighted by Gasteiger charge is 2.17. The molecule has 0 saturated carbocycles. The number of rotatable bonds is 13. The van der Waals surface area contributed by atoms with Gasteiger partial charge in [-0.05, 0) is 93.0 Å². The lowest BCUT2D eigenvalue weighted by molar-refractivity contribution is -0.143. The quantitative estimate of drug-likeness (QED) is 0.181. The van der Waals surface area contributed by atoms with Crippen molar-refractivity contribution < 1.29 is 23.8 Å². The molecule has 1 amide bonds. The molecule has 0 aliphatic heterocycles. The summed E-state index contributed by atoms with van der Waals surface area (Å²) >= 11 is 0. The third kappa shape index (κ3) is 8.60. The van der Waals surface area contributed by atoms with Gasteiger partial charge in [-0.1, -0.05) is 50.2 Å². The van der Waals surface area contributed by atoms with E-state index >= 15 is 0 Å². The average Bonchev–Trinajstić information content (AvgIpc) is 2.91. The molecule has 0 heterocycles. The molecule has 0 saturated heterocycles. The van der Waals surface area contributed by atoms with E-state index in [4.69, 9.17) is 14.2 Å². The molecule has 0 fully saturated rings. The van der Waals surface area contributed by atoms with Gasteiger partial charge in [-0.25, -0.2) is 0 Å². The molecule has 6 heteroatoms. The second-order valence-corrected chi connectivity index (χ2v) is 10.2. The Balaban J connectivity index is 1.64. The number of carbonyl (C=O) groups excluding carboxylic acids is 2. The van der Waals surface area contributed by atoms with Crippen molar-refractivity contribution in [1.82, 2.24) is 0 Å². The maximum absolute atomic E-state index is 13.2. The van der Waals surface area contributed by atoms with E-state index in [1.165, 1.54) is 5.56 Å². The fourth-order valence-corrected chi connectivity index (χ4v) is 4.32. The number of benzene rings is 3.